The molecule has 0 saturated heterocycles. The lowest BCUT2D eigenvalue weighted by Gasteiger charge is -2.18. The highest BCUT2D eigenvalue weighted by Gasteiger charge is 2.18. The van der Waals surface area contributed by atoms with E-state index in [2.05, 4.69) is 41.4 Å². The van der Waals surface area contributed by atoms with Crippen molar-refractivity contribution in [2.24, 2.45) is 0 Å². The summed E-state index contributed by atoms with van der Waals surface area (Å²) in [5.74, 6) is 2.43. The van der Waals surface area contributed by atoms with Crippen LogP contribution in [0.2, 0.25) is 0 Å². The Bertz CT molecular complexity index is 405. The minimum atomic E-state index is -0.0851. The molecular formula is C14H26N4O2. The molecule has 0 spiro atoms. The molecule has 0 aromatic carbocycles. The number of nitrogens with zero attached hydrogens (tertiary/aromatic N) is 2. The van der Waals surface area contributed by atoms with Crippen LogP contribution in [-0.4, -0.2) is 50.5 Å². The fourth-order valence-electron chi connectivity index (χ4n) is 1.50. The van der Waals surface area contributed by atoms with Crippen LogP contribution < -0.4 is 10.6 Å². The van der Waals surface area contributed by atoms with E-state index in [1.165, 1.54) is 0 Å². The van der Waals surface area contributed by atoms with Crippen molar-refractivity contribution in [3.05, 3.63) is 11.9 Å². The SMILES string of the molecule is CNc1cc(NCCOCCOC)nc(C(C)(C)C)n1. The Labute approximate surface area is 121 Å². The van der Waals surface area contributed by atoms with Crippen molar-refractivity contribution in [1.29, 1.82) is 0 Å². The average Bonchev–Trinajstić information content (AvgIpc) is 2.41. The standard InChI is InChI=1S/C14H26N4O2/c1-14(2,3)13-17-11(15-4)10-12(18-13)16-6-7-20-9-8-19-5/h10H,6-9H2,1-5H3,(H2,15,16,17,18). The average molecular weight is 282 g/mol. The summed E-state index contributed by atoms with van der Waals surface area (Å²) in [7, 11) is 3.52. The minimum Gasteiger partial charge on any atom is -0.382 e. The first kappa shape index (κ1) is 16.7. The number of hydrogen-bond donors (Lipinski definition) is 2. The van der Waals surface area contributed by atoms with E-state index in [9.17, 15) is 0 Å². The van der Waals surface area contributed by atoms with E-state index < -0.39 is 0 Å². The second-order valence-corrected chi connectivity index (χ2v) is 5.49. The van der Waals surface area contributed by atoms with E-state index in [1.54, 1.807) is 7.11 Å². The lowest BCUT2D eigenvalue weighted by molar-refractivity contribution is 0.0759. The highest BCUT2D eigenvalue weighted by molar-refractivity contribution is 5.47. The molecule has 0 atom stereocenters. The smallest absolute Gasteiger partial charge is 0.138 e. The molecule has 2 N–H and O–H groups in total. The van der Waals surface area contributed by atoms with E-state index in [4.69, 9.17) is 9.47 Å². The van der Waals surface area contributed by atoms with Gasteiger partial charge in [0.25, 0.3) is 0 Å². The molecule has 1 heterocycles. The van der Waals surface area contributed by atoms with Crippen LogP contribution in [0.1, 0.15) is 26.6 Å². The van der Waals surface area contributed by atoms with Crippen molar-refractivity contribution in [3.63, 3.8) is 0 Å². The van der Waals surface area contributed by atoms with Gasteiger partial charge in [-0.3, -0.25) is 0 Å². The van der Waals surface area contributed by atoms with Gasteiger partial charge in [-0.05, 0) is 0 Å². The molecule has 0 radical (unpaired) electrons. The molecule has 114 valence electrons. The summed E-state index contributed by atoms with van der Waals surface area (Å²) in [5, 5.41) is 6.31. The van der Waals surface area contributed by atoms with E-state index in [-0.39, 0.29) is 5.41 Å². The first-order valence-electron chi connectivity index (χ1n) is 6.85. The van der Waals surface area contributed by atoms with Gasteiger partial charge in [-0.2, -0.15) is 0 Å². The van der Waals surface area contributed by atoms with Crippen LogP contribution in [0.3, 0.4) is 0 Å². The quantitative estimate of drug-likeness (QED) is 0.710. The molecule has 0 amide bonds. The summed E-state index contributed by atoms with van der Waals surface area (Å²) in [5.41, 5.74) is -0.0851. The fraction of sp³-hybridized carbons (Fsp3) is 0.714. The number of hydrogen-bond acceptors (Lipinski definition) is 6. The largest absolute Gasteiger partial charge is 0.382 e. The van der Waals surface area contributed by atoms with Gasteiger partial charge in [0.1, 0.15) is 17.5 Å². The fourth-order valence-corrected chi connectivity index (χ4v) is 1.50. The van der Waals surface area contributed by atoms with Gasteiger partial charge in [-0.15, -0.1) is 0 Å². The number of aromatic nitrogens is 2. The number of ether oxygens (including phenoxy) is 2. The van der Waals surface area contributed by atoms with Crippen molar-refractivity contribution in [1.82, 2.24) is 9.97 Å². The van der Waals surface area contributed by atoms with Gasteiger partial charge in [0.2, 0.25) is 0 Å². The Balaban J connectivity index is 2.56. The first-order chi connectivity index (χ1) is 9.47. The summed E-state index contributed by atoms with van der Waals surface area (Å²) in [6, 6.07) is 1.89. The molecule has 1 aromatic rings. The van der Waals surface area contributed by atoms with E-state index >= 15 is 0 Å². The summed E-state index contributed by atoms with van der Waals surface area (Å²) in [6.07, 6.45) is 0. The molecule has 0 bridgehead atoms. The Morgan fingerprint density at radius 2 is 1.80 bits per heavy atom. The molecule has 20 heavy (non-hydrogen) atoms. The van der Waals surface area contributed by atoms with Crippen LogP contribution in [0, 0.1) is 0 Å². The van der Waals surface area contributed by atoms with Gasteiger partial charge in [-0.1, -0.05) is 20.8 Å². The molecule has 1 rings (SSSR count). The van der Waals surface area contributed by atoms with Gasteiger partial charge in [0.05, 0.1) is 19.8 Å². The Morgan fingerprint density at radius 1 is 1.10 bits per heavy atom. The Hall–Kier alpha value is -1.40. The van der Waals surface area contributed by atoms with Crippen LogP contribution in [-0.2, 0) is 14.9 Å². The summed E-state index contributed by atoms with van der Waals surface area (Å²) >= 11 is 0. The Morgan fingerprint density at radius 3 is 2.40 bits per heavy atom. The third-order valence-corrected chi connectivity index (χ3v) is 2.64. The highest BCUT2D eigenvalue weighted by Crippen LogP contribution is 2.21. The van der Waals surface area contributed by atoms with E-state index in [0.29, 0.717) is 26.4 Å². The van der Waals surface area contributed by atoms with Gasteiger partial charge in [0, 0.05) is 32.2 Å². The highest BCUT2D eigenvalue weighted by atomic mass is 16.5. The molecule has 0 aliphatic rings. The second kappa shape index (κ2) is 8.01. The first-order valence-corrected chi connectivity index (χ1v) is 6.85. The van der Waals surface area contributed by atoms with Crippen molar-refractivity contribution >= 4 is 11.6 Å². The van der Waals surface area contributed by atoms with Crippen molar-refractivity contribution in [3.8, 4) is 0 Å². The topological polar surface area (TPSA) is 68.3 Å². The molecule has 0 unspecified atom stereocenters. The van der Waals surface area contributed by atoms with Gasteiger partial charge >= 0.3 is 0 Å². The van der Waals surface area contributed by atoms with E-state index in [1.807, 2.05) is 13.1 Å². The van der Waals surface area contributed by atoms with Crippen LogP contribution in [0.15, 0.2) is 6.07 Å². The molecule has 1 aromatic heterocycles. The molecular weight excluding hydrogens is 256 g/mol. The predicted octanol–water partition coefficient (Wildman–Crippen LogP) is 1.89. The normalized spacial score (nSPS) is 11.4. The zero-order valence-corrected chi connectivity index (χ0v) is 13.1. The van der Waals surface area contributed by atoms with Crippen molar-refractivity contribution < 1.29 is 9.47 Å². The third-order valence-electron chi connectivity index (χ3n) is 2.64. The predicted molar refractivity (Wildman–Crippen MR) is 81.5 cm³/mol. The van der Waals surface area contributed by atoms with Crippen LogP contribution in [0.25, 0.3) is 0 Å². The summed E-state index contributed by atoms with van der Waals surface area (Å²) in [6.45, 7) is 8.83. The van der Waals surface area contributed by atoms with Crippen LogP contribution in [0.4, 0.5) is 11.6 Å². The number of rotatable bonds is 8. The number of methoxy groups -OCH3 is 1. The lowest BCUT2D eigenvalue weighted by atomic mass is 9.96. The maximum absolute atomic E-state index is 5.40. The monoisotopic (exact) mass is 282 g/mol. The Kier molecular flexibility index (Phi) is 6.67. The van der Waals surface area contributed by atoms with E-state index in [0.717, 1.165) is 17.5 Å². The van der Waals surface area contributed by atoms with Crippen LogP contribution in [0.5, 0.6) is 0 Å². The zero-order chi connectivity index (χ0) is 15.0. The molecule has 0 saturated carbocycles. The molecule has 0 fully saturated rings. The maximum Gasteiger partial charge on any atom is 0.138 e. The minimum absolute atomic E-state index is 0.0851. The van der Waals surface area contributed by atoms with Crippen molar-refractivity contribution in [2.75, 3.05) is 51.2 Å². The molecule has 6 nitrogen and oxygen atoms in total. The number of anilines is 2. The van der Waals surface area contributed by atoms with Crippen molar-refractivity contribution in [2.45, 2.75) is 26.2 Å². The third kappa shape index (κ3) is 5.71. The zero-order valence-electron chi connectivity index (χ0n) is 13.1. The lowest BCUT2D eigenvalue weighted by Crippen LogP contribution is -2.19. The maximum atomic E-state index is 5.40. The molecule has 0 aliphatic heterocycles. The van der Waals surface area contributed by atoms with Gasteiger partial charge < -0.3 is 20.1 Å². The molecule has 0 aliphatic carbocycles. The molecule has 6 heteroatoms. The van der Waals surface area contributed by atoms with Crippen LogP contribution >= 0.6 is 0 Å². The summed E-state index contributed by atoms with van der Waals surface area (Å²) in [4.78, 5) is 9.03. The van der Waals surface area contributed by atoms with Gasteiger partial charge in [0.15, 0.2) is 0 Å². The number of nitrogens with one attached hydrogen (secondary N) is 2. The second-order valence-electron chi connectivity index (χ2n) is 5.49. The summed E-state index contributed by atoms with van der Waals surface area (Å²) < 4.78 is 10.3. The van der Waals surface area contributed by atoms with Gasteiger partial charge in [-0.25, -0.2) is 9.97 Å².